The summed E-state index contributed by atoms with van der Waals surface area (Å²) in [6.45, 7) is 9.20. The van der Waals surface area contributed by atoms with E-state index in [1.54, 1.807) is 34.6 Å². The number of nitrogens with two attached hydrogens (primary N) is 1. The van der Waals surface area contributed by atoms with Gasteiger partial charge < -0.3 is 20.5 Å². The second kappa shape index (κ2) is 7.45. The second-order valence-corrected chi connectivity index (χ2v) is 6.28. The minimum absolute atomic E-state index is 0.269. The third kappa shape index (κ3) is 6.30. The first-order chi connectivity index (χ1) is 10.1. The van der Waals surface area contributed by atoms with Crippen molar-refractivity contribution in [1.82, 2.24) is 5.32 Å². The topological polar surface area (TPSA) is 73.6 Å². The predicted molar refractivity (Wildman–Crippen MR) is 83.3 cm³/mol. The number of benzene rings is 1. The molecule has 22 heavy (non-hydrogen) atoms. The zero-order valence-electron chi connectivity index (χ0n) is 13.8. The minimum atomic E-state index is -0.548. The molecular formula is C16H25FN2O3. The van der Waals surface area contributed by atoms with Crippen LogP contribution in [0.5, 0.6) is 5.75 Å². The van der Waals surface area contributed by atoms with Crippen LogP contribution in [-0.2, 0) is 4.74 Å². The fraction of sp³-hybridized carbons (Fsp3) is 0.562. The summed E-state index contributed by atoms with van der Waals surface area (Å²) in [5, 5.41) is 2.63. The van der Waals surface area contributed by atoms with Crippen LogP contribution in [0, 0.1) is 5.82 Å². The van der Waals surface area contributed by atoms with Crippen LogP contribution in [0.2, 0.25) is 0 Å². The Morgan fingerprint density at radius 3 is 2.55 bits per heavy atom. The van der Waals surface area contributed by atoms with Crippen LogP contribution in [0.1, 0.15) is 46.2 Å². The van der Waals surface area contributed by atoms with Crippen LogP contribution in [0.4, 0.5) is 9.18 Å². The van der Waals surface area contributed by atoms with Crippen molar-refractivity contribution in [2.75, 3.05) is 6.54 Å². The van der Waals surface area contributed by atoms with Gasteiger partial charge in [0.15, 0.2) is 0 Å². The van der Waals surface area contributed by atoms with Gasteiger partial charge in [-0.1, -0.05) is 0 Å². The first kappa shape index (κ1) is 18.2. The van der Waals surface area contributed by atoms with Gasteiger partial charge in [-0.05, 0) is 52.8 Å². The molecule has 1 amide bonds. The van der Waals surface area contributed by atoms with Crippen LogP contribution >= 0.6 is 0 Å². The molecule has 1 aromatic carbocycles. The normalized spacial score (nSPS) is 14.1. The van der Waals surface area contributed by atoms with Crippen LogP contribution in [0.3, 0.4) is 0 Å². The minimum Gasteiger partial charge on any atom is -0.489 e. The number of hydrogen-bond donors (Lipinski definition) is 2. The molecule has 0 fully saturated rings. The Morgan fingerprint density at radius 2 is 2.00 bits per heavy atom. The molecule has 3 N–H and O–H groups in total. The lowest BCUT2D eigenvalue weighted by molar-refractivity contribution is 0.0504. The lowest BCUT2D eigenvalue weighted by Gasteiger charge is -2.22. The van der Waals surface area contributed by atoms with E-state index < -0.39 is 11.7 Å². The Kier molecular flexibility index (Phi) is 6.17. The van der Waals surface area contributed by atoms with Crippen molar-refractivity contribution < 1.29 is 18.7 Å². The summed E-state index contributed by atoms with van der Waals surface area (Å²) in [6.07, 6.45) is -0.815. The number of hydrogen-bond acceptors (Lipinski definition) is 4. The Morgan fingerprint density at radius 1 is 1.36 bits per heavy atom. The number of rotatable bonds is 5. The van der Waals surface area contributed by atoms with E-state index in [0.717, 1.165) is 0 Å². The molecule has 0 saturated heterocycles. The summed E-state index contributed by atoms with van der Waals surface area (Å²) >= 11 is 0. The monoisotopic (exact) mass is 312 g/mol. The fourth-order valence-electron chi connectivity index (χ4n) is 1.78. The molecule has 6 heteroatoms. The van der Waals surface area contributed by atoms with E-state index in [0.29, 0.717) is 11.3 Å². The molecule has 0 aliphatic heterocycles. The largest absolute Gasteiger partial charge is 0.489 e. The number of carbonyl (C=O) groups excluding carboxylic acids is 1. The Bertz CT molecular complexity index is 513. The summed E-state index contributed by atoms with van der Waals surface area (Å²) < 4.78 is 24.1. The molecule has 0 aliphatic rings. The molecule has 0 saturated carbocycles. The van der Waals surface area contributed by atoms with Crippen molar-refractivity contribution in [3.8, 4) is 5.75 Å². The van der Waals surface area contributed by atoms with Crippen LogP contribution < -0.4 is 15.8 Å². The average molecular weight is 312 g/mol. The van der Waals surface area contributed by atoms with Crippen molar-refractivity contribution in [3.05, 3.63) is 29.6 Å². The molecule has 1 rings (SSSR count). The van der Waals surface area contributed by atoms with E-state index in [1.165, 1.54) is 18.2 Å². The van der Waals surface area contributed by atoms with Gasteiger partial charge in [-0.15, -0.1) is 0 Å². The fourth-order valence-corrected chi connectivity index (χ4v) is 1.78. The number of alkyl carbamates (subject to hydrolysis) is 1. The van der Waals surface area contributed by atoms with Gasteiger partial charge >= 0.3 is 6.09 Å². The first-order valence-electron chi connectivity index (χ1n) is 7.27. The van der Waals surface area contributed by atoms with Crippen molar-refractivity contribution >= 4 is 6.09 Å². The van der Waals surface area contributed by atoms with Crippen molar-refractivity contribution in [1.29, 1.82) is 0 Å². The van der Waals surface area contributed by atoms with Gasteiger partial charge in [0, 0.05) is 11.6 Å². The zero-order chi connectivity index (χ0) is 16.9. The molecule has 5 nitrogen and oxygen atoms in total. The highest BCUT2D eigenvalue weighted by Gasteiger charge is 2.17. The number of ether oxygens (including phenoxy) is 2. The Hall–Kier alpha value is -1.82. The molecule has 2 atom stereocenters. The molecule has 0 radical (unpaired) electrons. The molecule has 1 unspecified atom stereocenters. The van der Waals surface area contributed by atoms with E-state index in [-0.39, 0.29) is 24.5 Å². The molecule has 0 aromatic heterocycles. The average Bonchev–Trinajstić information content (AvgIpc) is 2.36. The number of amides is 1. The lowest BCUT2D eigenvalue weighted by Crippen LogP contribution is -2.37. The third-order valence-electron chi connectivity index (χ3n) is 2.72. The Labute approximate surface area is 131 Å². The van der Waals surface area contributed by atoms with Crippen molar-refractivity contribution in [2.24, 2.45) is 5.73 Å². The number of carbonyl (C=O) groups is 1. The van der Waals surface area contributed by atoms with E-state index in [9.17, 15) is 9.18 Å². The maximum Gasteiger partial charge on any atom is 0.407 e. The van der Waals surface area contributed by atoms with Crippen LogP contribution in [0.25, 0.3) is 0 Å². The maximum atomic E-state index is 13.3. The maximum absolute atomic E-state index is 13.3. The molecular weight excluding hydrogens is 287 g/mol. The van der Waals surface area contributed by atoms with Gasteiger partial charge in [0.25, 0.3) is 0 Å². The highest BCUT2D eigenvalue weighted by molar-refractivity contribution is 5.67. The number of nitrogens with one attached hydrogen (secondary N) is 1. The standard InChI is InChI=1S/C16H25FN2O3/c1-10(9-19-15(20)22-16(3,4)5)21-14-7-6-12(17)8-13(14)11(2)18/h6-8,10-11H,9,18H2,1-5H3,(H,19,20)/t10-,11?/m0/s1. The van der Waals surface area contributed by atoms with E-state index in [4.69, 9.17) is 15.2 Å². The summed E-state index contributed by atoms with van der Waals surface area (Å²) in [5.74, 6) is 0.147. The summed E-state index contributed by atoms with van der Waals surface area (Å²) in [6, 6.07) is 3.86. The van der Waals surface area contributed by atoms with Gasteiger partial charge in [0.05, 0.1) is 6.54 Å². The smallest absolute Gasteiger partial charge is 0.407 e. The Balaban J connectivity index is 2.59. The summed E-state index contributed by atoms with van der Waals surface area (Å²) in [5.41, 5.74) is 5.85. The van der Waals surface area contributed by atoms with E-state index in [2.05, 4.69) is 5.32 Å². The van der Waals surface area contributed by atoms with Gasteiger partial charge in [-0.3, -0.25) is 0 Å². The molecule has 124 valence electrons. The van der Waals surface area contributed by atoms with Crippen LogP contribution in [-0.4, -0.2) is 24.3 Å². The molecule has 0 bridgehead atoms. The summed E-state index contributed by atoms with van der Waals surface area (Å²) in [4.78, 5) is 11.6. The highest BCUT2D eigenvalue weighted by Crippen LogP contribution is 2.25. The van der Waals surface area contributed by atoms with Gasteiger partial charge in [-0.25, -0.2) is 9.18 Å². The van der Waals surface area contributed by atoms with Gasteiger partial charge in [-0.2, -0.15) is 0 Å². The van der Waals surface area contributed by atoms with Crippen molar-refractivity contribution in [3.63, 3.8) is 0 Å². The molecule has 0 heterocycles. The highest BCUT2D eigenvalue weighted by atomic mass is 19.1. The van der Waals surface area contributed by atoms with E-state index in [1.807, 2.05) is 0 Å². The molecule has 0 aliphatic carbocycles. The van der Waals surface area contributed by atoms with Gasteiger partial charge in [0.1, 0.15) is 23.3 Å². The number of halogens is 1. The second-order valence-electron chi connectivity index (χ2n) is 6.28. The SMILES string of the molecule is CC(N)c1cc(F)ccc1O[C@@H](C)CNC(=O)OC(C)(C)C. The van der Waals surface area contributed by atoms with E-state index >= 15 is 0 Å². The quantitative estimate of drug-likeness (QED) is 0.876. The third-order valence-corrected chi connectivity index (χ3v) is 2.72. The first-order valence-corrected chi connectivity index (χ1v) is 7.27. The lowest BCUT2D eigenvalue weighted by atomic mass is 10.1. The molecule has 1 aromatic rings. The zero-order valence-corrected chi connectivity index (χ0v) is 13.8. The summed E-state index contributed by atoms with van der Waals surface area (Å²) in [7, 11) is 0. The predicted octanol–water partition coefficient (Wildman–Crippen LogP) is 3.14. The van der Waals surface area contributed by atoms with Crippen LogP contribution in [0.15, 0.2) is 18.2 Å². The van der Waals surface area contributed by atoms with Crippen molar-refractivity contribution in [2.45, 2.75) is 52.4 Å². The van der Waals surface area contributed by atoms with Gasteiger partial charge in [0.2, 0.25) is 0 Å². The molecule has 0 spiro atoms.